The summed E-state index contributed by atoms with van der Waals surface area (Å²) in [5.41, 5.74) is 0.974. The molecule has 0 heterocycles. The number of nitrogens with one attached hydrogen (secondary N) is 2. The van der Waals surface area contributed by atoms with Gasteiger partial charge in [0.25, 0.3) is 5.91 Å². The van der Waals surface area contributed by atoms with Gasteiger partial charge in [0.2, 0.25) is 5.91 Å². The van der Waals surface area contributed by atoms with Gasteiger partial charge in [0.05, 0.1) is 13.2 Å². The van der Waals surface area contributed by atoms with Crippen LogP contribution in [0.4, 0.5) is 5.69 Å². The topological polar surface area (TPSA) is 93.7 Å². The maximum atomic E-state index is 11.8. The first-order valence-corrected chi connectivity index (χ1v) is 6.89. The highest BCUT2D eigenvalue weighted by molar-refractivity contribution is 6.02. The van der Waals surface area contributed by atoms with E-state index in [9.17, 15) is 14.4 Å². The lowest BCUT2D eigenvalue weighted by Gasteiger charge is -2.07. The predicted octanol–water partition coefficient (Wildman–Crippen LogP) is 0.954. The molecule has 0 bridgehead atoms. The second kappa shape index (κ2) is 9.51. The summed E-state index contributed by atoms with van der Waals surface area (Å²) in [5, 5.41) is 5.25. The molecular formula is C15H20N2O5. The molecule has 0 atom stereocenters. The van der Waals surface area contributed by atoms with Crippen LogP contribution in [0.15, 0.2) is 24.3 Å². The van der Waals surface area contributed by atoms with Gasteiger partial charge in [-0.05, 0) is 31.2 Å². The molecule has 7 nitrogen and oxygen atoms in total. The van der Waals surface area contributed by atoms with Crippen molar-refractivity contribution in [3.05, 3.63) is 29.8 Å². The SMILES string of the molecule is CCOC(=O)CC(=O)Nc1ccc(C(=O)NCCOC)cc1. The number of amides is 2. The summed E-state index contributed by atoms with van der Waals surface area (Å²) < 4.78 is 9.52. The van der Waals surface area contributed by atoms with Gasteiger partial charge in [0.1, 0.15) is 6.42 Å². The molecule has 0 spiro atoms. The van der Waals surface area contributed by atoms with Crippen molar-refractivity contribution in [3.8, 4) is 0 Å². The molecular weight excluding hydrogens is 288 g/mol. The number of ether oxygens (including phenoxy) is 2. The second-order valence-electron chi connectivity index (χ2n) is 4.36. The second-order valence-corrected chi connectivity index (χ2v) is 4.36. The van der Waals surface area contributed by atoms with Crippen LogP contribution in [0.25, 0.3) is 0 Å². The van der Waals surface area contributed by atoms with Crippen molar-refractivity contribution in [3.63, 3.8) is 0 Å². The van der Waals surface area contributed by atoms with Crippen LogP contribution in [0.5, 0.6) is 0 Å². The van der Waals surface area contributed by atoms with Crippen molar-refractivity contribution in [1.29, 1.82) is 0 Å². The monoisotopic (exact) mass is 308 g/mol. The number of carbonyl (C=O) groups is 3. The van der Waals surface area contributed by atoms with Gasteiger partial charge < -0.3 is 20.1 Å². The first kappa shape index (κ1) is 17.6. The van der Waals surface area contributed by atoms with E-state index in [0.717, 1.165) is 0 Å². The molecule has 0 aromatic heterocycles. The highest BCUT2D eigenvalue weighted by atomic mass is 16.5. The van der Waals surface area contributed by atoms with Gasteiger partial charge in [-0.1, -0.05) is 0 Å². The lowest BCUT2D eigenvalue weighted by molar-refractivity contribution is -0.145. The average molecular weight is 308 g/mol. The zero-order valence-corrected chi connectivity index (χ0v) is 12.7. The summed E-state index contributed by atoms with van der Waals surface area (Å²) in [4.78, 5) is 34.5. The van der Waals surface area contributed by atoms with Crippen LogP contribution in [0, 0.1) is 0 Å². The molecule has 22 heavy (non-hydrogen) atoms. The molecule has 1 aromatic rings. The summed E-state index contributed by atoms with van der Waals surface area (Å²) >= 11 is 0. The summed E-state index contributed by atoms with van der Waals surface area (Å²) in [7, 11) is 1.56. The number of benzene rings is 1. The van der Waals surface area contributed by atoms with E-state index in [2.05, 4.69) is 15.4 Å². The van der Waals surface area contributed by atoms with Gasteiger partial charge in [0, 0.05) is 24.9 Å². The quantitative estimate of drug-likeness (QED) is 0.424. The molecule has 1 aromatic carbocycles. The lowest BCUT2D eigenvalue weighted by Crippen LogP contribution is -2.26. The van der Waals surface area contributed by atoms with E-state index in [-0.39, 0.29) is 18.9 Å². The van der Waals surface area contributed by atoms with E-state index >= 15 is 0 Å². The first-order chi connectivity index (χ1) is 10.6. The molecule has 120 valence electrons. The highest BCUT2D eigenvalue weighted by Crippen LogP contribution is 2.10. The Kier molecular flexibility index (Phi) is 7.63. The maximum Gasteiger partial charge on any atom is 0.315 e. The fraction of sp³-hybridized carbons (Fsp3) is 0.400. The van der Waals surface area contributed by atoms with E-state index in [1.54, 1.807) is 38.3 Å². The molecule has 0 unspecified atom stereocenters. The van der Waals surface area contributed by atoms with Gasteiger partial charge in [-0.15, -0.1) is 0 Å². The molecule has 0 saturated heterocycles. The van der Waals surface area contributed by atoms with Crippen LogP contribution in [-0.2, 0) is 19.1 Å². The fourth-order valence-electron chi connectivity index (χ4n) is 1.62. The fourth-order valence-corrected chi connectivity index (χ4v) is 1.62. The van der Waals surface area contributed by atoms with Crippen molar-refractivity contribution in [2.24, 2.45) is 0 Å². The minimum absolute atomic E-state index is 0.221. The standard InChI is InChI=1S/C15H20N2O5/c1-3-22-14(19)10-13(18)17-12-6-4-11(5-7-12)15(20)16-8-9-21-2/h4-7H,3,8-10H2,1-2H3,(H,16,20)(H,17,18). The number of esters is 1. The van der Waals surface area contributed by atoms with Crippen LogP contribution in [-0.4, -0.2) is 44.7 Å². The van der Waals surface area contributed by atoms with Crippen LogP contribution >= 0.6 is 0 Å². The van der Waals surface area contributed by atoms with Crippen molar-refractivity contribution in [2.75, 3.05) is 32.2 Å². The third-order valence-electron chi connectivity index (χ3n) is 2.63. The predicted molar refractivity (Wildman–Crippen MR) is 80.5 cm³/mol. The highest BCUT2D eigenvalue weighted by Gasteiger charge is 2.11. The van der Waals surface area contributed by atoms with E-state index in [1.165, 1.54) is 0 Å². The Balaban J connectivity index is 2.49. The van der Waals surface area contributed by atoms with E-state index in [0.29, 0.717) is 24.4 Å². The number of hydrogen-bond donors (Lipinski definition) is 2. The number of hydrogen-bond acceptors (Lipinski definition) is 5. The molecule has 1 rings (SSSR count). The number of anilines is 1. The van der Waals surface area contributed by atoms with E-state index in [1.807, 2.05) is 0 Å². The number of rotatable bonds is 8. The van der Waals surface area contributed by atoms with Crippen molar-refractivity contribution < 1.29 is 23.9 Å². The molecule has 0 aliphatic carbocycles. The Morgan fingerprint density at radius 1 is 1.14 bits per heavy atom. The third kappa shape index (κ3) is 6.36. The molecule has 2 amide bonds. The van der Waals surface area contributed by atoms with Gasteiger partial charge in [-0.25, -0.2) is 0 Å². The van der Waals surface area contributed by atoms with Gasteiger partial charge in [0.15, 0.2) is 0 Å². The van der Waals surface area contributed by atoms with Crippen LogP contribution in [0.1, 0.15) is 23.7 Å². The Morgan fingerprint density at radius 3 is 2.41 bits per heavy atom. The Hall–Kier alpha value is -2.41. The third-order valence-corrected chi connectivity index (χ3v) is 2.63. The zero-order chi connectivity index (χ0) is 16.4. The summed E-state index contributed by atoms with van der Waals surface area (Å²) in [5.74, 6) is -1.26. The molecule has 0 radical (unpaired) electrons. The molecule has 2 N–H and O–H groups in total. The van der Waals surface area contributed by atoms with Crippen LogP contribution in [0.2, 0.25) is 0 Å². The van der Waals surface area contributed by atoms with E-state index in [4.69, 9.17) is 4.74 Å². The van der Waals surface area contributed by atoms with Crippen molar-refractivity contribution in [1.82, 2.24) is 5.32 Å². The number of carbonyl (C=O) groups excluding carboxylic acids is 3. The van der Waals surface area contributed by atoms with Crippen LogP contribution in [0.3, 0.4) is 0 Å². The maximum absolute atomic E-state index is 11.8. The largest absolute Gasteiger partial charge is 0.466 e. The molecule has 7 heteroatoms. The molecule has 0 aliphatic heterocycles. The van der Waals surface area contributed by atoms with Crippen molar-refractivity contribution in [2.45, 2.75) is 13.3 Å². The minimum Gasteiger partial charge on any atom is -0.466 e. The van der Waals surface area contributed by atoms with Gasteiger partial charge in [-0.3, -0.25) is 14.4 Å². The summed E-state index contributed by atoms with van der Waals surface area (Å²) in [6.07, 6.45) is -0.340. The first-order valence-electron chi connectivity index (χ1n) is 6.89. The minimum atomic E-state index is -0.575. The van der Waals surface area contributed by atoms with Crippen LogP contribution < -0.4 is 10.6 Å². The Morgan fingerprint density at radius 2 is 1.82 bits per heavy atom. The zero-order valence-electron chi connectivity index (χ0n) is 12.7. The van der Waals surface area contributed by atoms with Gasteiger partial charge in [-0.2, -0.15) is 0 Å². The van der Waals surface area contributed by atoms with Gasteiger partial charge >= 0.3 is 5.97 Å². The Bertz CT molecular complexity index is 513. The Labute approximate surface area is 129 Å². The molecule has 0 aliphatic rings. The lowest BCUT2D eigenvalue weighted by atomic mass is 10.2. The van der Waals surface area contributed by atoms with Crippen molar-refractivity contribution >= 4 is 23.5 Å². The summed E-state index contributed by atoms with van der Waals surface area (Å²) in [6.45, 7) is 2.77. The average Bonchev–Trinajstić information content (AvgIpc) is 2.48. The normalized spacial score (nSPS) is 9.91. The van der Waals surface area contributed by atoms with E-state index < -0.39 is 11.9 Å². The molecule has 0 fully saturated rings. The molecule has 0 saturated carbocycles. The number of methoxy groups -OCH3 is 1. The summed E-state index contributed by atoms with van der Waals surface area (Å²) in [6, 6.07) is 6.35. The smallest absolute Gasteiger partial charge is 0.315 e.